The molecule has 0 aliphatic carbocycles. The van der Waals surface area contributed by atoms with Crippen LogP contribution >= 0.6 is 0 Å². The fourth-order valence-electron chi connectivity index (χ4n) is 9.27. The summed E-state index contributed by atoms with van der Waals surface area (Å²) < 4.78 is 45.4. The standard InChI is InChI=1S/C58H37NO/c1-2-15-39(16-3-1)56-50-23-10-7-20-47(50)48-21-8-11-24-51(48)57(56)40-31-35-43(36-32-40)59(53-37-41-17-4-5-18-44(41)46-19-6-9-22-49(46)53)42-33-29-38(30-34-42)45-26-14-28-55-58(45)52-25-12-13-27-54(52)60-55/h1-37H/i29D,30D,33D,34D. The Bertz CT molecular complexity index is 3810. The van der Waals surface area contributed by atoms with Crippen LogP contribution in [0.25, 0.3) is 98.4 Å². The zero-order valence-corrected chi connectivity index (χ0v) is 32.4. The first-order chi connectivity index (χ1) is 31.5. The van der Waals surface area contributed by atoms with Crippen molar-refractivity contribution < 1.29 is 9.90 Å². The van der Waals surface area contributed by atoms with Crippen molar-refractivity contribution in [2.24, 2.45) is 0 Å². The molecular weight excluding hydrogens is 727 g/mol. The van der Waals surface area contributed by atoms with Gasteiger partial charge in [-0.25, -0.2) is 0 Å². The average molecular weight is 768 g/mol. The molecule has 12 rings (SSSR count). The molecule has 60 heavy (non-hydrogen) atoms. The average Bonchev–Trinajstić information content (AvgIpc) is 3.74. The Morgan fingerprint density at radius 1 is 0.350 bits per heavy atom. The summed E-state index contributed by atoms with van der Waals surface area (Å²) in [5, 5.41) is 10.3. The second kappa shape index (κ2) is 13.9. The normalized spacial score (nSPS) is 12.6. The summed E-state index contributed by atoms with van der Waals surface area (Å²) in [6.45, 7) is 0. The predicted octanol–water partition coefficient (Wildman–Crippen LogP) is 16.7. The minimum absolute atomic E-state index is 0.129. The second-order valence-corrected chi connectivity index (χ2v) is 15.3. The highest BCUT2D eigenvalue weighted by molar-refractivity contribution is 6.22. The van der Waals surface area contributed by atoms with Crippen molar-refractivity contribution in [1.82, 2.24) is 0 Å². The molecule has 0 aliphatic rings. The number of rotatable bonds is 6. The largest absolute Gasteiger partial charge is 0.456 e. The van der Waals surface area contributed by atoms with Crippen LogP contribution in [-0.4, -0.2) is 0 Å². The lowest BCUT2D eigenvalue weighted by Gasteiger charge is -2.28. The third kappa shape index (κ3) is 5.42. The molecule has 280 valence electrons. The van der Waals surface area contributed by atoms with E-state index in [1.165, 1.54) is 16.2 Å². The quantitative estimate of drug-likeness (QED) is 0.157. The van der Waals surface area contributed by atoms with Crippen LogP contribution in [0, 0.1) is 0 Å². The molecule has 0 N–H and O–H groups in total. The van der Waals surface area contributed by atoms with Gasteiger partial charge in [-0.3, -0.25) is 0 Å². The third-order valence-electron chi connectivity index (χ3n) is 11.9. The van der Waals surface area contributed by atoms with Crippen LogP contribution in [0.15, 0.2) is 229 Å². The van der Waals surface area contributed by atoms with Gasteiger partial charge >= 0.3 is 0 Å². The number of hydrogen-bond donors (Lipinski definition) is 0. The van der Waals surface area contributed by atoms with Crippen LogP contribution in [0.3, 0.4) is 0 Å². The Morgan fingerprint density at radius 2 is 0.867 bits per heavy atom. The molecule has 12 aromatic rings. The molecule has 0 spiro atoms. The van der Waals surface area contributed by atoms with Crippen LogP contribution in [-0.2, 0) is 0 Å². The van der Waals surface area contributed by atoms with E-state index in [-0.39, 0.29) is 35.4 Å². The number of furan rings is 1. The second-order valence-electron chi connectivity index (χ2n) is 15.3. The maximum atomic E-state index is 9.87. The summed E-state index contributed by atoms with van der Waals surface area (Å²) >= 11 is 0. The Hall–Kier alpha value is -7.94. The molecule has 11 aromatic carbocycles. The van der Waals surface area contributed by atoms with Crippen molar-refractivity contribution in [3.05, 3.63) is 224 Å². The third-order valence-corrected chi connectivity index (χ3v) is 11.9. The molecule has 2 nitrogen and oxygen atoms in total. The fourth-order valence-corrected chi connectivity index (χ4v) is 9.27. The predicted molar refractivity (Wildman–Crippen MR) is 255 cm³/mol. The summed E-state index contributed by atoms with van der Waals surface area (Å²) in [7, 11) is 0. The summed E-state index contributed by atoms with van der Waals surface area (Å²) in [5.74, 6) is 0. The van der Waals surface area contributed by atoms with Gasteiger partial charge in [0.2, 0.25) is 0 Å². The first-order valence-electron chi connectivity index (χ1n) is 22.3. The van der Waals surface area contributed by atoms with E-state index in [9.17, 15) is 5.48 Å². The molecule has 0 atom stereocenters. The summed E-state index contributed by atoms with van der Waals surface area (Å²) in [4.78, 5) is 1.92. The first kappa shape index (κ1) is 30.2. The maximum Gasteiger partial charge on any atom is 0.136 e. The molecule has 0 saturated heterocycles. The van der Waals surface area contributed by atoms with E-state index in [0.29, 0.717) is 22.4 Å². The Kier molecular flexibility index (Phi) is 6.98. The molecule has 0 radical (unpaired) electrons. The van der Waals surface area contributed by atoms with Crippen LogP contribution < -0.4 is 4.90 Å². The zero-order chi connectivity index (χ0) is 43.1. The minimum Gasteiger partial charge on any atom is -0.456 e. The minimum atomic E-state index is -0.144. The lowest BCUT2D eigenvalue weighted by atomic mass is 9.85. The van der Waals surface area contributed by atoms with Crippen LogP contribution in [0.2, 0.25) is 0 Å². The van der Waals surface area contributed by atoms with Gasteiger partial charge in [-0.05, 0) is 114 Å². The van der Waals surface area contributed by atoms with E-state index in [1.54, 1.807) is 0 Å². The molecular formula is C58H37NO. The van der Waals surface area contributed by atoms with Crippen LogP contribution in [0.1, 0.15) is 5.48 Å². The van der Waals surface area contributed by atoms with Gasteiger partial charge in [0.1, 0.15) is 11.2 Å². The van der Waals surface area contributed by atoms with E-state index in [1.807, 2.05) is 77.7 Å². The Labute approximate surface area is 353 Å². The summed E-state index contributed by atoms with van der Waals surface area (Å²) in [6, 6.07) is 67.4. The number of hydrogen-bond acceptors (Lipinski definition) is 2. The van der Waals surface area contributed by atoms with Crippen LogP contribution in [0.4, 0.5) is 17.1 Å². The SMILES string of the molecule is [2H]c1c([2H])c(N(c2ccc(-c3c(-c4ccccc4)c4ccccc4c4ccccc34)cc2)c2cc3ccccc3c3ccccc23)c([2H])c([2H])c1-c1cccc2oc3ccccc3c12. The van der Waals surface area contributed by atoms with Gasteiger partial charge in [-0.2, -0.15) is 0 Å². The molecule has 0 saturated carbocycles. The van der Waals surface area contributed by atoms with E-state index >= 15 is 0 Å². The smallest absolute Gasteiger partial charge is 0.136 e. The first-order valence-corrected chi connectivity index (χ1v) is 20.3. The van der Waals surface area contributed by atoms with Crippen molar-refractivity contribution in [1.29, 1.82) is 0 Å². The van der Waals surface area contributed by atoms with Crippen molar-refractivity contribution >= 4 is 82.1 Å². The fraction of sp³-hybridized carbons (Fsp3) is 0. The van der Waals surface area contributed by atoms with Gasteiger partial charge in [0.15, 0.2) is 0 Å². The number of anilines is 3. The van der Waals surface area contributed by atoms with Gasteiger partial charge < -0.3 is 9.32 Å². The highest BCUT2D eigenvalue weighted by atomic mass is 16.3. The molecule has 2 heteroatoms. The molecule has 0 fully saturated rings. The number of nitrogens with zero attached hydrogens (tertiary/aromatic N) is 1. The van der Waals surface area contributed by atoms with Crippen molar-refractivity contribution in [3.8, 4) is 33.4 Å². The molecule has 1 aromatic heterocycles. The molecule has 0 bridgehead atoms. The topological polar surface area (TPSA) is 16.4 Å². The van der Waals surface area contributed by atoms with Crippen molar-refractivity contribution in [2.75, 3.05) is 4.90 Å². The van der Waals surface area contributed by atoms with Gasteiger partial charge in [0, 0.05) is 27.5 Å². The van der Waals surface area contributed by atoms with E-state index in [0.717, 1.165) is 65.6 Å². The number of fused-ring (bicyclic) bond motifs is 9. The van der Waals surface area contributed by atoms with Crippen molar-refractivity contribution in [3.63, 3.8) is 0 Å². The lowest BCUT2D eigenvalue weighted by molar-refractivity contribution is 0.669. The van der Waals surface area contributed by atoms with Gasteiger partial charge in [-0.15, -0.1) is 0 Å². The maximum absolute atomic E-state index is 9.87. The van der Waals surface area contributed by atoms with Gasteiger partial charge in [0.25, 0.3) is 0 Å². The summed E-state index contributed by atoms with van der Waals surface area (Å²) in [6.07, 6.45) is 0. The van der Waals surface area contributed by atoms with E-state index < -0.39 is 0 Å². The van der Waals surface area contributed by atoms with Crippen LogP contribution in [0.5, 0.6) is 0 Å². The molecule has 0 aliphatic heterocycles. The Balaban J connectivity index is 1.12. The highest BCUT2D eigenvalue weighted by Gasteiger charge is 2.21. The summed E-state index contributed by atoms with van der Waals surface area (Å²) in [5.41, 5.74) is 8.16. The number of benzene rings is 11. The Morgan fingerprint density at radius 3 is 1.55 bits per heavy atom. The van der Waals surface area contributed by atoms with Gasteiger partial charge in [-0.1, -0.05) is 182 Å². The highest BCUT2D eigenvalue weighted by Crippen LogP contribution is 2.47. The van der Waals surface area contributed by atoms with Crippen molar-refractivity contribution in [2.45, 2.75) is 0 Å². The van der Waals surface area contributed by atoms with E-state index in [4.69, 9.17) is 4.42 Å². The zero-order valence-electron chi connectivity index (χ0n) is 36.4. The van der Waals surface area contributed by atoms with Gasteiger partial charge in [0.05, 0.1) is 11.2 Å². The number of para-hydroxylation sites is 1. The lowest BCUT2D eigenvalue weighted by Crippen LogP contribution is -2.10. The van der Waals surface area contributed by atoms with E-state index in [2.05, 4.69) is 127 Å². The molecule has 0 amide bonds. The monoisotopic (exact) mass is 767 g/mol. The molecule has 1 heterocycles. The molecule has 0 unspecified atom stereocenters.